The highest BCUT2D eigenvalue weighted by molar-refractivity contribution is 5.78. The van der Waals surface area contributed by atoms with Crippen molar-refractivity contribution in [2.75, 3.05) is 26.2 Å². The van der Waals surface area contributed by atoms with Gasteiger partial charge in [0.15, 0.2) is 6.61 Å². The van der Waals surface area contributed by atoms with Crippen LogP contribution in [-0.4, -0.2) is 43.1 Å². The first-order chi connectivity index (χ1) is 10.8. The van der Waals surface area contributed by atoms with Crippen molar-refractivity contribution in [3.63, 3.8) is 0 Å². The molecular formula is C18H26N2O2. The maximum absolute atomic E-state index is 12.6. The highest BCUT2D eigenvalue weighted by Crippen LogP contribution is 2.29. The Labute approximate surface area is 132 Å². The first-order valence-corrected chi connectivity index (χ1v) is 8.52. The molecule has 0 bridgehead atoms. The fourth-order valence-corrected chi connectivity index (χ4v) is 3.73. The number of para-hydroxylation sites is 1. The van der Waals surface area contributed by atoms with E-state index in [9.17, 15) is 4.79 Å². The molecule has 2 saturated heterocycles. The second-order valence-corrected chi connectivity index (χ2v) is 6.34. The predicted molar refractivity (Wildman–Crippen MR) is 86.9 cm³/mol. The third-order valence-corrected chi connectivity index (χ3v) is 4.90. The second-order valence-electron chi connectivity index (χ2n) is 6.34. The van der Waals surface area contributed by atoms with Crippen molar-refractivity contribution in [1.82, 2.24) is 10.2 Å². The van der Waals surface area contributed by atoms with Gasteiger partial charge >= 0.3 is 0 Å². The van der Waals surface area contributed by atoms with Gasteiger partial charge in [-0.1, -0.05) is 18.2 Å². The number of rotatable bonds is 4. The van der Waals surface area contributed by atoms with Crippen LogP contribution in [-0.2, 0) is 4.79 Å². The van der Waals surface area contributed by atoms with Crippen LogP contribution in [0.4, 0.5) is 0 Å². The molecule has 4 nitrogen and oxygen atoms in total. The van der Waals surface area contributed by atoms with Crippen LogP contribution in [0.15, 0.2) is 30.3 Å². The van der Waals surface area contributed by atoms with Crippen LogP contribution in [0.2, 0.25) is 0 Å². The highest BCUT2D eigenvalue weighted by Gasteiger charge is 2.33. The minimum absolute atomic E-state index is 0.145. The Morgan fingerprint density at radius 1 is 1.14 bits per heavy atom. The molecule has 1 amide bonds. The number of nitrogens with one attached hydrogen (secondary N) is 1. The lowest BCUT2D eigenvalue weighted by Crippen LogP contribution is -2.51. The van der Waals surface area contributed by atoms with Gasteiger partial charge in [0.1, 0.15) is 5.75 Å². The summed E-state index contributed by atoms with van der Waals surface area (Å²) in [4.78, 5) is 14.7. The molecule has 1 unspecified atom stereocenters. The Hall–Kier alpha value is -1.55. The van der Waals surface area contributed by atoms with Crippen LogP contribution in [0.3, 0.4) is 0 Å². The number of likely N-dealkylation sites (tertiary alicyclic amines) is 1. The number of amides is 1. The summed E-state index contributed by atoms with van der Waals surface area (Å²) in [6, 6.07) is 10.0. The third kappa shape index (κ3) is 3.80. The van der Waals surface area contributed by atoms with E-state index in [0.717, 1.165) is 38.2 Å². The van der Waals surface area contributed by atoms with Crippen molar-refractivity contribution in [3.8, 4) is 5.75 Å². The van der Waals surface area contributed by atoms with Gasteiger partial charge < -0.3 is 15.0 Å². The summed E-state index contributed by atoms with van der Waals surface area (Å²) >= 11 is 0. The van der Waals surface area contributed by atoms with Gasteiger partial charge in [-0.05, 0) is 63.2 Å². The molecule has 0 aromatic heterocycles. The summed E-state index contributed by atoms with van der Waals surface area (Å²) in [6.07, 6.45) is 5.90. The molecule has 2 aliphatic rings. The van der Waals surface area contributed by atoms with Crippen molar-refractivity contribution >= 4 is 5.91 Å². The molecule has 1 atom stereocenters. The molecule has 0 saturated carbocycles. The standard InChI is InChI=1S/C18H26N2O2/c21-18(14-22-16-6-2-1-3-7-16)20-13-5-4-8-17(20)15-9-11-19-12-10-15/h1-3,6-7,15,17,19H,4-5,8-14H2. The topological polar surface area (TPSA) is 41.6 Å². The Kier molecular flexibility index (Phi) is 5.33. The molecule has 3 rings (SSSR count). The van der Waals surface area contributed by atoms with Crippen LogP contribution in [0.5, 0.6) is 5.75 Å². The summed E-state index contributed by atoms with van der Waals surface area (Å²) in [5.41, 5.74) is 0. The fourth-order valence-electron chi connectivity index (χ4n) is 3.73. The molecule has 0 aliphatic carbocycles. The summed E-state index contributed by atoms with van der Waals surface area (Å²) in [5.74, 6) is 1.57. The molecule has 0 radical (unpaired) electrons. The van der Waals surface area contributed by atoms with Gasteiger partial charge in [-0.15, -0.1) is 0 Å². The third-order valence-electron chi connectivity index (χ3n) is 4.90. The molecule has 2 fully saturated rings. The molecule has 2 aliphatic heterocycles. The maximum atomic E-state index is 12.6. The number of carbonyl (C=O) groups is 1. The molecule has 1 aromatic carbocycles. The van der Waals surface area contributed by atoms with E-state index >= 15 is 0 Å². The van der Waals surface area contributed by atoms with E-state index in [1.54, 1.807) is 0 Å². The van der Waals surface area contributed by atoms with Crippen LogP contribution in [0.1, 0.15) is 32.1 Å². The number of carbonyl (C=O) groups excluding carboxylic acids is 1. The lowest BCUT2D eigenvalue weighted by Gasteiger charge is -2.42. The number of piperidine rings is 2. The van der Waals surface area contributed by atoms with E-state index < -0.39 is 0 Å². The fraction of sp³-hybridized carbons (Fsp3) is 0.611. The quantitative estimate of drug-likeness (QED) is 0.929. The average molecular weight is 302 g/mol. The molecule has 1 N–H and O–H groups in total. The van der Waals surface area contributed by atoms with E-state index in [0.29, 0.717) is 12.0 Å². The van der Waals surface area contributed by atoms with E-state index in [1.807, 2.05) is 30.3 Å². The molecule has 120 valence electrons. The minimum Gasteiger partial charge on any atom is -0.484 e. The van der Waals surface area contributed by atoms with Gasteiger partial charge in [0.2, 0.25) is 0 Å². The van der Waals surface area contributed by atoms with E-state index in [-0.39, 0.29) is 12.5 Å². The predicted octanol–water partition coefficient (Wildman–Crippen LogP) is 2.45. The largest absolute Gasteiger partial charge is 0.484 e. The van der Waals surface area contributed by atoms with E-state index in [1.165, 1.54) is 19.3 Å². The Balaban J connectivity index is 1.58. The van der Waals surface area contributed by atoms with Crippen molar-refractivity contribution in [3.05, 3.63) is 30.3 Å². The van der Waals surface area contributed by atoms with Crippen LogP contribution < -0.4 is 10.1 Å². The number of hydrogen-bond donors (Lipinski definition) is 1. The van der Waals surface area contributed by atoms with Gasteiger partial charge in [-0.2, -0.15) is 0 Å². The average Bonchev–Trinajstić information content (AvgIpc) is 2.61. The van der Waals surface area contributed by atoms with Gasteiger partial charge in [-0.3, -0.25) is 4.79 Å². The van der Waals surface area contributed by atoms with Gasteiger partial charge in [0, 0.05) is 12.6 Å². The van der Waals surface area contributed by atoms with Crippen molar-refractivity contribution in [2.45, 2.75) is 38.1 Å². The van der Waals surface area contributed by atoms with E-state index in [4.69, 9.17) is 4.74 Å². The molecule has 4 heteroatoms. The zero-order chi connectivity index (χ0) is 15.2. The van der Waals surface area contributed by atoms with Crippen LogP contribution in [0, 0.1) is 5.92 Å². The molecular weight excluding hydrogens is 276 g/mol. The highest BCUT2D eigenvalue weighted by atomic mass is 16.5. The van der Waals surface area contributed by atoms with Gasteiger partial charge in [0.25, 0.3) is 5.91 Å². The zero-order valence-electron chi connectivity index (χ0n) is 13.2. The zero-order valence-corrected chi connectivity index (χ0v) is 13.2. The smallest absolute Gasteiger partial charge is 0.260 e. The van der Waals surface area contributed by atoms with Crippen LogP contribution >= 0.6 is 0 Å². The summed E-state index contributed by atoms with van der Waals surface area (Å²) < 4.78 is 5.65. The van der Waals surface area contributed by atoms with Crippen LogP contribution in [0.25, 0.3) is 0 Å². The molecule has 0 spiro atoms. The first kappa shape index (κ1) is 15.3. The summed E-state index contributed by atoms with van der Waals surface area (Å²) in [7, 11) is 0. The number of nitrogens with zero attached hydrogens (tertiary/aromatic N) is 1. The number of hydrogen-bond acceptors (Lipinski definition) is 3. The molecule has 22 heavy (non-hydrogen) atoms. The number of benzene rings is 1. The monoisotopic (exact) mass is 302 g/mol. The second kappa shape index (κ2) is 7.63. The minimum atomic E-state index is 0.145. The lowest BCUT2D eigenvalue weighted by molar-refractivity contribution is -0.138. The van der Waals surface area contributed by atoms with Gasteiger partial charge in [-0.25, -0.2) is 0 Å². The first-order valence-electron chi connectivity index (χ1n) is 8.52. The van der Waals surface area contributed by atoms with Crippen molar-refractivity contribution in [2.24, 2.45) is 5.92 Å². The molecule has 1 aromatic rings. The van der Waals surface area contributed by atoms with Crippen molar-refractivity contribution in [1.29, 1.82) is 0 Å². The van der Waals surface area contributed by atoms with Gasteiger partial charge in [0.05, 0.1) is 0 Å². The van der Waals surface area contributed by atoms with Crippen molar-refractivity contribution < 1.29 is 9.53 Å². The summed E-state index contributed by atoms with van der Waals surface area (Å²) in [5, 5.41) is 3.42. The lowest BCUT2D eigenvalue weighted by atomic mass is 9.84. The summed E-state index contributed by atoms with van der Waals surface area (Å²) in [6.45, 7) is 3.23. The maximum Gasteiger partial charge on any atom is 0.260 e. The van der Waals surface area contributed by atoms with E-state index in [2.05, 4.69) is 10.2 Å². The normalized spacial score (nSPS) is 23.3. The number of ether oxygens (including phenoxy) is 1. The Morgan fingerprint density at radius 3 is 2.68 bits per heavy atom. The Bertz CT molecular complexity index is 471. The molecule has 2 heterocycles. The SMILES string of the molecule is O=C(COc1ccccc1)N1CCCCC1C1CCNCC1. The Morgan fingerprint density at radius 2 is 1.91 bits per heavy atom.